The maximum Gasteiger partial charge on any atom is 0.336 e. The topological polar surface area (TPSA) is 133 Å². The Morgan fingerprint density at radius 3 is 2.00 bits per heavy atom. The van der Waals surface area contributed by atoms with Crippen molar-refractivity contribution >= 4 is 34.1 Å². The lowest BCUT2D eigenvalue weighted by Gasteiger charge is -2.10. The molecule has 0 atom stereocenters. The third-order valence-corrected chi connectivity index (χ3v) is 6.29. The third-order valence-electron chi connectivity index (χ3n) is 5.13. The highest BCUT2D eigenvalue weighted by Gasteiger charge is 2.26. The Morgan fingerprint density at radius 2 is 1.44 bits per heavy atom. The number of hydrogen-bond acceptors (Lipinski definition) is 5. The van der Waals surface area contributed by atoms with E-state index in [9.17, 15) is 24.8 Å². The Balaban J connectivity index is 1.86. The van der Waals surface area contributed by atoms with E-state index in [1.165, 1.54) is 29.5 Å². The van der Waals surface area contributed by atoms with Gasteiger partial charge in [0.05, 0.1) is 22.3 Å². The number of rotatable bonds is 6. The number of carboxylic acids is 1. The number of hydrogen-bond donors (Lipinski definition) is 3. The van der Waals surface area contributed by atoms with Crippen LogP contribution >= 0.6 is 11.3 Å². The molecule has 2 amide bonds. The largest absolute Gasteiger partial charge is 0.478 e. The summed E-state index contributed by atoms with van der Waals surface area (Å²) in [7, 11) is 0. The summed E-state index contributed by atoms with van der Waals surface area (Å²) in [6.07, 6.45) is 0. The summed E-state index contributed by atoms with van der Waals surface area (Å²) < 4.78 is 0. The van der Waals surface area contributed by atoms with Crippen LogP contribution in [-0.2, 0) is 0 Å². The number of primary amides is 1. The van der Waals surface area contributed by atoms with E-state index in [0.29, 0.717) is 5.56 Å². The van der Waals surface area contributed by atoms with Crippen molar-refractivity contribution in [2.24, 2.45) is 5.73 Å². The Kier molecular flexibility index (Phi) is 6.21. The molecule has 0 aliphatic carbocycles. The number of nitrogens with two attached hydrogens (primary N) is 1. The lowest BCUT2D eigenvalue weighted by molar-refractivity contribution is 0.0692. The number of nitriles is 1. The maximum atomic E-state index is 13.2. The Bertz CT molecular complexity index is 1450. The molecule has 0 fully saturated rings. The molecule has 4 aromatic rings. The van der Waals surface area contributed by atoms with E-state index in [0.717, 1.165) is 16.0 Å². The minimum absolute atomic E-state index is 0.188. The van der Waals surface area contributed by atoms with Crippen molar-refractivity contribution in [1.82, 2.24) is 0 Å². The number of anilines is 1. The number of carboxylic acid groups (broad SMARTS) is 1. The van der Waals surface area contributed by atoms with Crippen LogP contribution in [0, 0.1) is 11.3 Å². The van der Waals surface area contributed by atoms with Crippen molar-refractivity contribution in [3.8, 4) is 27.6 Å². The number of amides is 2. The summed E-state index contributed by atoms with van der Waals surface area (Å²) in [5.74, 6) is -3.16. The lowest BCUT2D eigenvalue weighted by Crippen LogP contribution is -2.23. The summed E-state index contributed by atoms with van der Waals surface area (Å²) >= 11 is 1.22. The van der Waals surface area contributed by atoms with E-state index < -0.39 is 23.3 Å². The smallest absolute Gasteiger partial charge is 0.336 e. The van der Waals surface area contributed by atoms with E-state index in [-0.39, 0.29) is 21.7 Å². The predicted molar refractivity (Wildman–Crippen MR) is 130 cm³/mol. The average Bonchev–Trinajstić information content (AvgIpc) is 3.22. The third kappa shape index (κ3) is 4.16. The highest BCUT2D eigenvalue weighted by atomic mass is 32.1. The molecular formula is C26H17N3O4S. The van der Waals surface area contributed by atoms with Gasteiger partial charge in [-0.05, 0) is 23.3 Å². The number of thiophene rings is 1. The van der Waals surface area contributed by atoms with Gasteiger partial charge in [-0.2, -0.15) is 5.26 Å². The predicted octanol–water partition coefficient (Wildman–Crippen LogP) is 5.00. The first-order chi connectivity index (χ1) is 16.4. The van der Waals surface area contributed by atoms with E-state index in [4.69, 9.17) is 5.73 Å². The van der Waals surface area contributed by atoms with E-state index in [2.05, 4.69) is 11.4 Å². The first-order valence-corrected chi connectivity index (χ1v) is 10.9. The van der Waals surface area contributed by atoms with Gasteiger partial charge in [0.2, 0.25) is 5.91 Å². The Hall–Kier alpha value is -4.74. The molecule has 0 aliphatic rings. The highest BCUT2D eigenvalue weighted by molar-refractivity contribution is 7.20. The minimum atomic E-state index is -1.38. The number of benzene rings is 3. The number of nitrogens with zero attached hydrogens (tertiary/aromatic N) is 1. The average molecular weight is 468 g/mol. The quantitative estimate of drug-likeness (QED) is 0.367. The van der Waals surface area contributed by atoms with E-state index in [1.807, 2.05) is 60.7 Å². The van der Waals surface area contributed by atoms with Gasteiger partial charge in [0.1, 0.15) is 11.1 Å². The number of carbonyl (C=O) groups is 3. The van der Waals surface area contributed by atoms with Crippen LogP contribution in [0.2, 0.25) is 0 Å². The van der Waals surface area contributed by atoms with Gasteiger partial charge in [0.15, 0.2) is 0 Å². The molecule has 0 saturated carbocycles. The molecule has 0 saturated heterocycles. The molecular weight excluding hydrogens is 450 g/mol. The molecule has 0 radical (unpaired) electrons. The van der Waals surface area contributed by atoms with Crippen LogP contribution in [0.25, 0.3) is 21.6 Å². The van der Waals surface area contributed by atoms with Gasteiger partial charge in [-0.1, -0.05) is 66.7 Å². The van der Waals surface area contributed by atoms with E-state index >= 15 is 0 Å². The standard InChI is InChI=1S/C26H17N3O4S/c27-14-19-20(15-8-3-1-4-9-15)22(16-10-5-2-6-11-16)34-25(19)29-24(31)17-12-7-13-18(26(32)33)21(17)23(28)30/h1-13H,(H2,28,30)(H,29,31)(H,32,33). The van der Waals surface area contributed by atoms with Gasteiger partial charge < -0.3 is 16.2 Å². The lowest BCUT2D eigenvalue weighted by atomic mass is 9.98. The fraction of sp³-hybridized carbons (Fsp3) is 0. The molecule has 8 heteroatoms. The molecule has 3 aromatic carbocycles. The van der Waals surface area contributed by atoms with Crippen molar-refractivity contribution in [3.05, 3.63) is 101 Å². The van der Waals surface area contributed by atoms with Crippen molar-refractivity contribution in [2.45, 2.75) is 0 Å². The molecule has 166 valence electrons. The molecule has 0 aliphatic heterocycles. The van der Waals surface area contributed by atoms with Crippen LogP contribution < -0.4 is 11.1 Å². The highest BCUT2D eigenvalue weighted by Crippen LogP contribution is 2.45. The maximum absolute atomic E-state index is 13.2. The molecule has 34 heavy (non-hydrogen) atoms. The van der Waals surface area contributed by atoms with Crippen molar-refractivity contribution in [1.29, 1.82) is 5.26 Å². The zero-order chi connectivity index (χ0) is 24.2. The van der Waals surface area contributed by atoms with Crippen LogP contribution in [-0.4, -0.2) is 22.9 Å². The molecule has 4 N–H and O–H groups in total. The van der Waals surface area contributed by atoms with E-state index in [1.54, 1.807) is 0 Å². The van der Waals surface area contributed by atoms with Crippen molar-refractivity contribution in [2.75, 3.05) is 5.32 Å². The number of aromatic carboxylic acids is 1. The minimum Gasteiger partial charge on any atom is -0.478 e. The summed E-state index contributed by atoms with van der Waals surface area (Å²) in [5.41, 5.74) is 7.04. The summed E-state index contributed by atoms with van der Waals surface area (Å²) in [4.78, 5) is 37.5. The van der Waals surface area contributed by atoms with Gasteiger partial charge in [0.25, 0.3) is 5.91 Å². The zero-order valence-electron chi connectivity index (χ0n) is 17.6. The zero-order valence-corrected chi connectivity index (χ0v) is 18.4. The number of carbonyl (C=O) groups excluding carboxylic acids is 2. The molecule has 0 unspecified atom stereocenters. The first-order valence-electron chi connectivity index (χ1n) is 10.1. The Labute approximate surface area is 198 Å². The monoisotopic (exact) mass is 467 g/mol. The van der Waals surface area contributed by atoms with Gasteiger partial charge >= 0.3 is 5.97 Å². The van der Waals surface area contributed by atoms with Gasteiger partial charge in [-0.3, -0.25) is 9.59 Å². The summed E-state index contributed by atoms with van der Waals surface area (Å²) in [6, 6.07) is 24.9. The Morgan fingerprint density at radius 1 is 0.853 bits per heavy atom. The SMILES string of the molecule is N#Cc1c(NC(=O)c2cccc(C(=O)O)c2C(N)=O)sc(-c2ccccc2)c1-c1ccccc1. The molecule has 0 spiro atoms. The molecule has 4 rings (SSSR count). The van der Waals surface area contributed by atoms with Gasteiger partial charge in [-0.15, -0.1) is 11.3 Å². The molecule has 1 aromatic heterocycles. The summed E-state index contributed by atoms with van der Waals surface area (Å²) in [5, 5.41) is 22.4. The second kappa shape index (κ2) is 9.40. The molecule has 7 nitrogen and oxygen atoms in total. The fourth-order valence-corrected chi connectivity index (χ4v) is 4.83. The van der Waals surface area contributed by atoms with Crippen molar-refractivity contribution in [3.63, 3.8) is 0 Å². The fourth-order valence-electron chi connectivity index (χ4n) is 3.65. The second-order valence-corrected chi connectivity index (χ2v) is 8.23. The van der Waals surface area contributed by atoms with Crippen LogP contribution in [0.5, 0.6) is 0 Å². The normalized spacial score (nSPS) is 10.3. The van der Waals surface area contributed by atoms with Gasteiger partial charge in [0, 0.05) is 10.4 Å². The van der Waals surface area contributed by atoms with Crippen molar-refractivity contribution < 1.29 is 19.5 Å². The number of nitrogens with one attached hydrogen (secondary N) is 1. The van der Waals surface area contributed by atoms with Crippen LogP contribution in [0.4, 0.5) is 5.00 Å². The van der Waals surface area contributed by atoms with Crippen LogP contribution in [0.3, 0.4) is 0 Å². The van der Waals surface area contributed by atoms with Crippen LogP contribution in [0.1, 0.15) is 36.6 Å². The molecule has 1 heterocycles. The summed E-state index contributed by atoms with van der Waals surface area (Å²) in [6.45, 7) is 0. The molecule has 0 bridgehead atoms. The second-order valence-electron chi connectivity index (χ2n) is 7.21. The van der Waals surface area contributed by atoms with Crippen LogP contribution in [0.15, 0.2) is 78.9 Å². The van der Waals surface area contributed by atoms with Gasteiger partial charge in [-0.25, -0.2) is 4.79 Å². The first kappa shape index (κ1) is 22.5.